The molecular formula is C11H15N2. The Kier molecular flexibility index (Phi) is 2.50. The van der Waals surface area contributed by atoms with E-state index < -0.39 is 0 Å². The third kappa shape index (κ3) is 1.83. The third-order valence-electron chi connectivity index (χ3n) is 2.51. The average molecular weight is 175 g/mol. The molecule has 1 radical (unpaired) electrons. The van der Waals surface area contributed by atoms with Gasteiger partial charge < -0.3 is 4.90 Å². The molecule has 69 valence electrons. The van der Waals surface area contributed by atoms with Crippen molar-refractivity contribution in [1.82, 2.24) is 5.32 Å². The fraction of sp³-hybridized carbons (Fsp3) is 0.455. The third-order valence-corrected chi connectivity index (χ3v) is 2.51. The summed E-state index contributed by atoms with van der Waals surface area (Å²) in [5, 5.41) is 4.34. The fourth-order valence-electron chi connectivity index (χ4n) is 1.77. The highest BCUT2D eigenvalue weighted by atomic mass is 15.2. The molecule has 0 aliphatic carbocycles. The maximum atomic E-state index is 4.34. The summed E-state index contributed by atoms with van der Waals surface area (Å²) in [5.74, 6) is 0. The van der Waals surface area contributed by atoms with Crippen LogP contribution in [0.15, 0.2) is 24.3 Å². The second-order valence-corrected chi connectivity index (χ2v) is 3.44. The Balaban J connectivity index is 2.18. The normalized spacial score (nSPS) is 17.5. The zero-order chi connectivity index (χ0) is 9.10. The summed E-state index contributed by atoms with van der Waals surface area (Å²) >= 11 is 0. The second-order valence-electron chi connectivity index (χ2n) is 3.44. The molecule has 0 atom stereocenters. The molecule has 2 rings (SSSR count). The van der Waals surface area contributed by atoms with Gasteiger partial charge in [-0.05, 0) is 18.6 Å². The number of piperazine rings is 1. The average Bonchev–Trinajstić information content (AvgIpc) is 2.20. The molecule has 1 saturated heterocycles. The zero-order valence-electron chi connectivity index (χ0n) is 8.03. The molecule has 0 unspecified atom stereocenters. The van der Waals surface area contributed by atoms with Crippen LogP contribution in [0.25, 0.3) is 0 Å². The van der Waals surface area contributed by atoms with Gasteiger partial charge in [0, 0.05) is 31.9 Å². The predicted octanol–water partition coefficient (Wildman–Crippen LogP) is 1.42. The highest BCUT2D eigenvalue weighted by molar-refractivity contribution is 5.53. The number of rotatable bonds is 1. The van der Waals surface area contributed by atoms with E-state index in [1.165, 1.54) is 11.3 Å². The van der Waals surface area contributed by atoms with Crippen LogP contribution >= 0.6 is 0 Å². The van der Waals surface area contributed by atoms with Crippen molar-refractivity contribution >= 4 is 5.69 Å². The highest BCUT2D eigenvalue weighted by Gasteiger charge is 2.11. The molecule has 1 fully saturated rings. The van der Waals surface area contributed by atoms with Gasteiger partial charge in [-0.3, -0.25) is 0 Å². The first-order chi connectivity index (χ1) is 6.38. The van der Waals surface area contributed by atoms with Crippen LogP contribution < -0.4 is 10.2 Å². The standard InChI is InChI=1S/C11H15N2/c1-10-4-2-3-5-11(10)13-8-6-12-7-9-13/h2-5H,6-9H2,1H3. The molecule has 1 aliphatic heterocycles. The van der Waals surface area contributed by atoms with Crippen molar-refractivity contribution in [2.75, 3.05) is 31.1 Å². The van der Waals surface area contributed by atoms with Gasteiger partial charge in [0.15, 0.2) is 0 Å². The quantitative estimate of drug-likeness (QED) is 0.631. The maximum Gasteiger partial charge on any atom is 0.0396 e. The molecule has 1 aromatic rings. The van der Waals surface area contributed by atoms with Gasteiger partial charge in [0.25, 0.3) is 0 Å². The van der Waals surface area contributed by atoms with E-state index in [1.54, 1.807) is 0 Å². The topological polar surface area (TPSA) is 17.3 Å². The number of hydrogen-bond acceptors (Lipinski definition) is 1. The second kappa shape index (κ2) is 3.79. The molecular weight excluding hydrogens is 160 g/mol. The Hall–Kier alpha value is -1.02. The predicted molar refractivity (Wildman–Crippen MR) is 55.3 cm³/mol. The summed E-state index contributed by atoms with van der Waals surface area (Å²) in [4.78, 5) is 2.42. The van der Waals surface area contributed by atoms with Crippen molar-refractivity contribution in [2.45, 2.75) is 6.92 Å². The lowest BCUT2D eigenvalue weighted by molar-refractivity contribution is 0.578. The summed E-state index contributed by atoms with van der Waals surface area (Å²) in [5.41, 5.74) is 2.74. The molecule has 0 saturated carbocycles. The van der Waals surface area contributed by atoms with E-state index >= 15 is 0 Å². The molecule has 0 N–H and O–H groups in total. The van der Waals surface area contributed by atoms with E-state index in [0.717, 1.165) is 26.2 Å². The Bertz CT molecular complexity index is 277. The van der Waals surface area contributed by atoms with Crippen LogP contribution in [0.2, 0.25) is 0 Å². The Morgan fingerprint density at radius 1 is 1.15 bits per heavy atom. The first-order valence-corrected chi connectivity index (χ1v) is 4.82. The molecule has 0 amide bonds. The summed E-state index contributed by atoms with van der Waals surface area (Å²) < 4.78 is 0. The summed E-state index contributed by atoms with van der Waals surface area (Å²) in [6.45, 7) is 6.28. The van der Waals surface area contributed by atoms with Crippen LogP contribution in [0.5, 0.6) is 0 Å². The minimum absolute atomic E-state index is 0.980. The maximum absolute atomic E-state index is 4.34. The van der Waals surface area contributed by atoms with Crippen LogP contribution in [-0.4, -0.2) is 26.2 Å². The summed E-state index contributed by atoms with van der Waals surface area (Å²) in [6, 6.07) is 8.56. The minimum Gasteiger partial charge on any atom is -0.369 e. The van der Waals surface area contributed by atoms with Crippen LogP contribution in [0, 0.1) is 6.92 Å². The summed E-state index contributed by atoms with van der Waals surface area (Å²) in [7, 11) is 0. The molecule has 1 aromatic carbocycles. The zero-order valence-corrected chi connectivity index (χ0v) is 8.03. The lowest BCUT2D eigenvalue weighted by Gasteiger charge is -2.29. The molecule has 2 heteroatoms. The van der Waals surface area contributed by atoms with Crippen molar-refractivity contribution in [1.29, 1.82) is 0 Å². The van der Waals surface area contributed by atoms with Gasteiger partial charge in [-0.15, -0.1) is 0 Å². The van der Waals surface area contributed by atoms with Gasteiger partial charge in [0.05, 0.1) is 0 Å². The largest absolute Gasteiger partial charge is 0.369 e. The Morgan fingerprint density at radius 3 is 2.54 bits per heavy atom. The molecule has 1 aliphatic rings. The molecule has 0 aromatic heterocycles. The fourth-order valence-corrected chi connectivity index (χ4v) is 1.77. The smallest absolute Gasteiger partial charge is 0.0396 e. The van der Waals surface area contributed by atoms with Gasteiger partial charge in [-0.25, -0.2) is 5.32 Å². The van der Waals surface area contributed by atoms with Crippen molar-refractivity contribution in [3.63, 3.8) is 0 Å². The monoisotopic (exact) mass is 175 g/mol. The first kappa shape index (κ1) is 8.57. The van der Waals surface area contributed by atoms with Crippen LogP contribution in [0.4, 0.5) is 5.69 Å². The molecule has 2 nitrogen and oxygen atoms in total. The SMILES string of the molecule is Cc1ccccc1N1CC[N]CC1. The Labute approximate surface area is 79.6 Å². The van der Waals surface area contributed by atoms with Crippen molar-refractivity contribution in [3.05, 3.63) is 29.8 Å². The van der Waals surface area contributed by atoms with Crippen molar-refractivity contribution < 1.29 is 0 Å². The number of benzene rings is 1. The van der Waals surface area contributed by atoms with E-state index in [4.69, 9.17) is 0 Å². The van der Waals surface area contributed by atoms with Crippen molar-refractivity contribution in [2.24, 2.45) is 0 Å². The van der Waals surface area contributed by atoms with E-state index in [-0.39, 0.29) is 0 Å². The van der Waals surface area contributed by atoms with Crippen LogP contribution in [0.3, 0.4) is 0 Å². The lowest BCUT2D eigenvalue weighted by atomic mass is 10.1. The molecule has 13 heavy (non-hydrogen) atoms. The van der Waals surface area contributed by atoms with E-state index in [9.17, 15) is 0 Å². The van der Waals surface area contributed by atoms with Gasteiger partial charge in [0.2, 0.25) is 0 Å². The van der Waals surface area contributed by atoms with Crippen LogP contribution in [0.1, 0.15) is 5.56 Å². The number of para-hydroxylation sites is 1. The number of hydrogen-bond donors (Lipinski definition) is 0. The highest BCUT2D eigenvalue weighted by Crippen LogP contribution is 2.19. The number of nitrogens with zero attached hydrogens (tertiary/aromatic N) is 2. The van der Waals surface area contributed by atoms with Gasteiger partial charge in [-0.1, -0.05) is 18.2 Å². The summed E-state index contributed by atoms with van der Waals surface area (Å²) in [6.07, 6.45) is 0. The molecule has 0 bridgehead atoms. The van der Waals surface area contributed by atoms with Gasteiger partial charge in [-0.2, -0.15) is 0 Å². The van der Waals surface area contributed by atoms with E-state index in [1.807, 2.05) is 0 Å². The minimum atomic E-state index is 0.980. The van der Waals surface area contributed by atoms with Crippen LogP contribution in [-0.2, 0) is 0 Å². The molecule has 0 spiro atoms. The first-order valence-electron chi connectivity index (χ1n) is 4.82. The van der Waals surface area contributed by atoms with Crippen molar-refractivity contribution in [3.8, 4) is 0 Å². The lowest BCUT2D eigenvalue weighted by Crippen LogP contribution is -2.40. The van der Waals surface area contributed by atoms with Gasteiger partial charge >= 0.3 is 0 Å². The molecule has 1 heterocycles. The number of aryl methyl sites for hydroxylation is 1. The Morgan fingerprint density at radius 2 is 1.85 bits per heavy atom. The van der Waals surface area contributed by atoms with Gasteiger partial charge in [0.1, 0.15) is 0 Å². The van der Waals surface area contributed by atoms with E-state index in [2.05, 4.69) is 41.4 Å². The van der Waals surface area contributed by atoms with E-state index in [0.29, 0.717) is 0 Å². The number of anilines is 1.